The largest absolute Gasteiger partial charge is 0.337 e. The van der Waals surface area contributed by atoms with Crippen molar-refractivity contribution in [3.63, 3.8) is 0 Å². The summed E-state index contributed by atoms with van der Waals surface area (Å²) in [5, 5.41) is 12.8. The van der Waals surface area contributed by atoms with Crippen molar-refractivity contribution in [2.75, 3.05) is 9.80 Å². The lowest BCUT2D eigenvalue weighted by Crippen LogP contribution is -2.49. The van der Waals surface area contributed by atoms with Crippen LogP contribution >= 0.6 is 0 Å². The Balaban J connectivity index is 1.01. The van der Waals surface area contributed by atoms with Crippen molar-refractivity contribution in [3.8, 4) is 0 Å². The van der Waals surface area contributed by atoms with Crippen LogP contribution in [0.1, 0.15) is 50.2 Å². The van der Waals surface area contributed by atoms with Crippen molar-refractivity contribution in [1.29, 1.82) is 0 Å². The van der Waals surface area contributed by atoms with E-state index < -0.39 is 6.29 Å². The summed E-state index contributed by atoms with van der Waals surface area (Å²) in [4.78, 5) is 10.5. The molecule has 4 aliphatic rings. The first kappa shape index (κ1) is 38.1. The summed E-state index contributed by atoms with van der Waals surface area (Å²) < 4.78 is 4.83. The van der Waals surface area contributed by atoms with Crippen LogP contribution in [0.25, 0.3) is 43.6 Å². The summed E-state index contributed by atoms with van der Waals surface area (Å²) >= 11 is 0. The Kier molecular flexibility index (Phi) is 9.68. The SMILES string of the molecule is C1=CCCC(N(C2=CC=CCC2)c2ccc3c(c2)c2ccccc2n3C2N=C(c3ccccc3)NC(n3c4ccccc4c4cc(N(c5ccccc5)C5C=CC=CC5)ccc43)N2)=C1. The molecule has 0 saturated heterocycles. The van der Waals surface area contributed by atoms with Crippen molar-refractivity contribution in [1.82, 2.24) is 19.8 Å². The average Bonchev–Trinajstić information content (AvgIpc) is 3.88. The Morgan fingerprint density at radius 1 is 0.516 bits per heavy atom. The molecule has 8 aromatic rings. The molecule has 6 aromatic carbocycles. The molecule has 312 valence electrons. The summed E-state index contributed by atoms with van der Waals surface area (Å²) in [5.41, 5.74) is 11.8. The second-order valence-corrected chi connectivity index (χ2v) is 17.0. The van der Waals surface area contributed by atoms with Crippen molar-refractivity contribution in [3.05, 3.63) is 223 Å². The van der Waals surface area contributed by atoms with Crippen molar-refractivity contribution in [2.45, 2.75) is 50.7 Å². The maximum Gasteiger partial charge on any atom is 0.185 e. The Hall–Kier alpha value is -7.61. The summed E-state index contributed by atoms with van der Waals surface area (Å²) in [6.07, 6.45) is 26.7. The molecule has 3 atom stereocenters. The molecule has 0 spiro atoms. The highest BCUT2D eigenvalue weighted by Gasteiger charge is 2.31. The van der Waals surface area contributed by atoms with E-state index in [1.807, 2.05) is 0 Å². The average molecular weight is 832 g/mol. The minimum Gasteiger partial charge on any atom is -0.337 e. The van der Waals surface area contributed by atoms with Crippen LogP contribution in [0.5, 0.6) is 0 Å². The van der Waals surface area contributed by atoms with E-state index in [1.54, 1.807) is 0 Å². The normalized spacial score (nSPS) is 19.5. The minimum absolute atomic E-state index is 0.207. The second kappa shape index (κ2) is 16.3. The molecular formula is C57H49N7. The van der Waals surface area contributed by atoms with Gasteiger partial charge in [-0.15, -0.1) is 0 Å². The fraction of sp³-hybridized carbons (Fsp3) is 0.140. The number of benzene rings is 6. The van der Waals surface area contributed by atoms with Gasteiger partial charge in [0.25, 0.3) is 0 Å². The Morgan fingerprint density at radius 2 is 1.11 bits per heavy atom. The molecule has 3 unspecified atom stereocenters. The standard InChI is InChI=1S/C57H49N7/c1-6-20-40(21-7-1)55-58-56(63-51-32-18-16-30-47(51)49-38-45(34-36-53(49)63)61(41-22-8-2-9-23-41)42-24-10-3-11-25-42)60-57(59-55)64-52-33-19-17-31-48(52)50-39-46(35-37-54(50)64)62(43-26-12-4-13-27-43)44-28-14-5-15-29-44/h1-12,14,16-24,26,28,30-39,42,56-57,60H,13,15,25,27,29H2,(H,58,59). The number of para-hydroxylation sites is 3. The number of rotatable bonds is 9. The van der Waals surface area contributed by atoms with Crippen LogP contribution in [0.2, 0.25) is 0 Å². The van der Waals surface area contributed by atoms with E-state index in [1.165, 1.54) is 44.3 Å². The van der Waals surface area contributed by atoms with E-state index in [2.05, 4.69) is 236 Å². The number of nitrogens with one attached hydrogen (secondary N) is 2. The number of aromatic nitrogens is 2. The van der Waals surface area contributed by atoms with Gasteiger partial charge >= 0.3 is 0 Å². The van der Waals surface area contributed by atoms with E-state index in [4.69, 9.17) is 4.99 Å². The van der Waals surface area contributed by atoms with Gasteiger partial charge < -0.3 is 24.3 Å². The van der Waals surface area contributed by atoms with Crippen molar-refractivity contribution < 1.29 is 0 Å². The fourth-order valence-corrected chi connectivity index (χ4v) is 10.3. The molecule has 0 saturated carbocycles. The number of amidine groups is 1. The lowest BCUT2D eigenvalue weighted by Gasteiger charge is -2.35. The summed E-state index contributed by atoms with van der Waals surface area (Å²) in [7, 11) is 0. The van der Waals surface area contributed by atoms with Crippen LogP contribution < -0.4 is 20.4 Å². The summed E-state index contributed by atoms with van der Waals surface area (Å²) in [6.45, 7) is 0. The zero-order chi connectivity index (χ0) is 42.4. The Labute approximate surface area is 373 Å². The van der Waals surface area contributed by atoms with Gasteiger partial charge in [0.2, 0.25) is 0 Å². The highest BCUT2D eigenvalue weighted by molar-refractivity contribution is 6.11. The van der Waals surface area contributed by atoms with E-state index in [9.17, 15) is 0 Å². The van der Waals surface area contributed by atoms with E-state index in [-0.39, 0.29) is 12.3 Å². The van der Waals surface area contributed by atoms with Gasteiger partial charge in [0.15, 0.2) is 12.6 Å². The van der Waals surface area contributed by atoms with Gasteiger partial charge in [-0.3, -0.25) is 0 Å². The number of hydrogen-bond donors (Lipinski definition) is 2. The molecule has 3 heterocycles. The summed E-state index contributed by atoms with van der Waals surface area (Å²) in [5.74, 6) is 0.840. The molecule has 0 radical (unpaired) electrons. The van der Waals surface area contributed by atoms with Gasteiger partial charge in [0.05, 0.1) is 28.1 Å². The first-order chi connectivity index (χ1) is 31.8. The maximum atomic E-state index is 5.52. The molecule has 0 fully saturated rings. The van der Waals surface area contributed by atoms with Crippen molar-refractivity contribution in [2.24, 2.45) is 4.99 Å². The molecule has 12 rings (SSSR count). The van der Waals surface area contributed by atoms with Crippen molar-refractivity contribution >= 4 is 66.5 Å². The Morgan fingerprint density at radius 3 is 1.77 bits per heavy atom. The smallest absolute Gasteiger partial charge is 0.185 e. The number of fused-ring (bicyclic) bond motifs is 6. The molecule has 7 heteroatoms. The van der Waals surface area contributed by atoms with Crippen LogP contribution in [0.3, 0.4) is 0 Å². The van der Waals surface area contributed by atoms with Gasteiger partial charge in [0, 0.05) is 55.6 Å². The van der Waals surface area contributed by atoms with Crippen LogP contribution in [-0.2, 0) is 0 Å². The third kappa shape index (κ3) is 6.68. The first-order valence-electron chi connectivity index (χ1n) is 22.7. The zero-order valence-corrected chi connectivity index (χ0v) is 35.6. The van der Waals surface area contributed by atoms with Gasteiger partial charge in [-0.25, -0.2) is 10.3 Å². The molecule has 2 aromatic heterocycles. The monoisotopic (exact) mass is 831 g/mol. The predicted octanol–water partition coefficient (Wildman–Crippen LogP) is 13.5. The number of allylic oxidation sites excluding steroid dienone is 10. The second-order valence-electron chi connectivity index (χ2n) is 17.0. The molecule has 1 aliphatic heterocycles. The van der Waals surface area contributed by atoms with E-state index in [0.717, 1.165) is 71.3 Å². The number of anilines is 3. The third-order valence-electron chi connectivity index (χ3n) is 13.2. The van der Waals surface area contributed by atoms with Crippen LogP contribution in [0.4, 0.5) is 17.1 Å². The van der Waals surface area contributed by atoms with E-state index in [0.29, 0.717) is 0 Å². The predicted molar refractivity (Wildman–Crippen MR) is 267 cm³/mol. The van der Waals surface area contributed by atoms with Crippen LogP contribution in [-0.4, -0.2) is 21.0 Å². The maximum absolute atomic E-state index is 5.52. The molecule has 64 heavy (non-hydrogen) atoms. The lowest BCUT2D eigenvalue weighted by molar-refractivity contribution is 0.283. The fourth-order valence-electron chi connectivity index (χ4n) is 10.3. The third-order valence-corrected chi connectivity index (χ3v) is 13.2. The number of aliphatic imine (C=N–C) groups is 1. The number of hydrogen-bond acceptors (Lipinski definition) is 5. The quantitative estimate of drug-likeness (QED) is 0.152. The first-order valence-corrected chi connectivity index (χ1v) is 22.7. The van der Waals surface area contributed by atoms with Gasteiger partial charge in [0.1, 0.15) is 5.84 Å². The molecule has 3 aliphatic carbocycles. The highest BCUT2D eigenvalue weighted by Crippen LogP contribution is 2.41. The molecule has 0 amide bonds. The topological polar surface area (TPSA) is 52.8 Å². The van der Waals surface area contributed by atoms with Gasteiger partial charge in [-0.05, 0) is 105 Å². The van der Waals surface area contributed by atoms with Gasteiger partial charge in [-0.2, -0.15) is 0 Å². The zero-order valence-electron chi connectivity index (χ0n) is 35.6. The summed E-state index contributed by atoms with van der Waals surface area (Å²) in [6, 6.07) is 53.1. The minimum atomic E-state index is -0.432. The molecule has 7 nitrogen and oxygen atoms in total. The molecular weight excluding hydrogens is 783 g/mol. The molecule has 0 bridgehead atoms. The van der Waals surface area contributed by atoms with E-state index >= 15 is 0 Å². The Bertz CT molecular complexity index is 3250. The van der Waals surface area contributed by atoms with Gasteiger partial charge in [-0.1, -0.05) is 134 Å². The molecule has 2 N–H and O–H groups in total. The van der Waals surface area contributed by atoms with Crippen LogP contribution in [0, 0.1) is 0 Å². The number of nitrogens with zero attached hydrogens (tertiary/aromatic N) is 5. The highest BCUT2D eigenvalue weighted by atomic mass is 15.5. The lowest BCUT2D eigenvalue weighted by atomic mass is 10.0. The van der Waals surface area contributed by atoms with Crippen LogP contribution in [0.15, 0.2) is 223 Å².